The van der Waals surface area contributed by atoms with Crippen LogP contribution in [0, 0.1) is 0 Å². The van der Waals surface area contributed by atoms with Crippen LogP contribution in [-0.2, 0) is 32.7 Å². The van der Waals surface area contributed by atoms with Crippen molar-refractivity contribution in [3.05, 3.63) is 12.2 Å². The highest BCUT2D eigenvalue weighted by Crippen LogP contribution is 2.43. The van der Waals surface area contributed by atoms with Gasteiger partial charge >= 0.3 is 19.8 Å². The van der Waals surface area contributed by atoms with Crippen LogP contribution in [0.25, 0.3) is 0 Å². The Morgan fingerprint density at radius 3 is 1.32 bits per heavy atom. The lowest BCUT2D eigenvalue weighted by atomic mass is 10.0. The maximum Gasteiger partial charge on any atom is 0.472 e. The minimum absolute atomic E-state index is 0.0101. The van der Waals surface area contributed by atoms with Crippen LogP contribution < -0.4 is 0 Å². The number of esters is 2. The lowest BCUT2D eigenvalue weighted by Crippen LogP contribution is -2.29. The van der Waals surface area contributed by atoms with Gasteiger partial charge in [0.05, 0.1) is 13.2 Å². The molecule has 0 amide bonds. The molecule has 0 fully saturated rings. The Balaban J connectivity index is 4.19. The van der Waals surface area contributed by atoms with Gasteiger partial charge in [-0.1, -0.05) is 193 Å². The average Bonchev–Trinajstić information content (AvgIpc) is 3.18. The molecule has 0 aromatic heterocycles. The zero-order valence-corrected chi connectivity index (χ0v) is 38.7. The Morgan fingerprint density at radius 1 is 0.526 bits per heavy atom. The van der Waals surface area contributed by atoms with Gasteiger partial charge in [0.2, 0.25) is 0 Å². The molecule has 0 aromatic rings. The predicted molar refractivity (Wildman–Crippen MR) is 239 cm³/mol. The zero-order valence-electron chi connectivity index (χ0n) is 37.8. The molecular weight excluding hydrogens is 737 g/mol. The van der Waals surface area contributed by atoms with Crippen LogP contribution in [0.3, 0.4) is 0 Å². The van der Waals surface area contributed by atoms with Crippen LogP contribution in [0.5, 0.6) is 0 Å². The fourth-order valence-electron chi connectivity index (χ4n) is 6.86. The number of likely N-dealkylation sites (N-methyl/N-ethyl adjacent to an activating group) is 1. The van der Waals surface area contributed by atoms with Gasteiger partial charge in [-0.05, 0) is 52.6 Å². The minimum Gasteiger partial charge on any atom is -0.462 e. The third-order valence-electron chi connectivity index (χ3n) is 10.6. The van der Waals surface area contributed by atoms with E-state index in [0.717, 1.165) is 32.1 Å². The minimum atomic E-state index is -4.36. The second-order valence-corrected chi connectivity index (χ2v) is 18.1. The Bertz CT molecular complexity index is 962. The molecule has 0 heterocycles. The van der Waals surface area contributed by atoms with Crippen molar-refractivity contribution in [2.24, 2.45) is 0 Å². The summed E-state index contributed by atoms with van der Waals surface area (Å²) in [5, 5.41) is 0. The molecule has 0 saturated heterocycles. The first-order valence-electron chi connectivity index (χ1n) is 24.0. The smallest absolute Gasteiger partial charge is 0.462 e. The number of allylic oxidation sites excluding steroid dienone is 2. The Kier molecular flexibility index (Phi) is 41.9. The van der Waals surface area contributed by atoms with E-state index >= 15 is 0 Å². The van der Waals surface area contributed by atoms with Crippen LogP contribution in [0.15, 0.2) is 12.2 Å². The molecule has 0 aromatic carbocycles. The molecule has 10 heteroatoms. The monoisotopic (exact) mass is 830 g/mol. The molecular formula is C47H92NO8P. The molecule has 0 aliphatic rings. The lowest BCUT2D eigenvalue weighted by molar-refractivity contribution is -0.161. The van der Waals surface area contributed by atoms with Gasteiger partial charge in [-0.2, -0.15) is 0 Å². The summed E-state index contributed by atoms with van der Waals surface area (Å²) < 4.78 is 33.6. The van der Waals surface area contributed by atoms with Crippen molar-refractivity contribution >= 4 is 19.8 Å². The molecule has 0 spiro atoms. The van der Waals surface area contributed by atoms with E-state index in [2.05, 4.69) is 26.0 Å². The summed E-state index contributed by atoms with van der Waals surface area (Å²) in [5.41, 5.74) is 0. The first-order chi connectivity index (χ1) is 27.7. The predicted octanol–water partition coefficient (Wildman–Crippen LogP) is 14.0. The van der Waals surface area contributed by atoms with Crippen molar-refractivity contribution in [3.8, 4) is 0 Å². The number of carbonyl (C=O) groups excluding carboxylic acids is 2. The number of carbonyl (C=O) groups is 2. The SMILES string of the molecule is CCCCCC/C=C\CCCCCCCCCC(=O)OCC(COP(=O)(O)OCCN(C)C)OC(=O)CCCCCCCCCCCCCCCCCCCCC. The molecule has 9 nitrogen and oxygen atoms in total. The summed E-state index contributed by atoms with van der Waals surface area (Å²) >= 11 is 0. The van der Waals surface area contributed by atoms with E-state index < -0.39 is 26.5 Å². The fraction of sp³-hybridized carbons (Fsp3) is 0.915. The summed E-state index contributed by atoms with van der Waals surface area (Å²) in [6, 6.07) is 0. The van der Waals surface area contributed by atoms with E-state index in [1.165, 1.54) is 167 Å². The summed E-state index contributed by atoms with van der Waals surface area (Å²) in [6.45, 7) is 4.35. The first kappa shape index (κ1) is 55.8. The highest BCUT2D eigenvalue weighted by molar-refractivity contribution is 7.47. The molecule has 57 heavy (non-hydrogen) atoms. The standard InChI is InChI=1S/C47H92NO8P/c1-5-7-9-11-13-15-17-19-21-22-23-24-26-28-30-32-34-36-38-40-47(50)56-45(44-55-57(51,52)54-42-41-48(3)4)43-53-46(49)39-37-35-33-31-29-27-25-20-18-16-14-12-10-8-6-2/h16,18,45H,5-15,17,19-44H2,1-4H3,(H,51,52)/b18-16-. The van der Waals surface area contributed by atoms with E-state index in [0.29, 0.717) is 13.0 Å². The Labute approximate surface area is 352 Å². The van der Waals surface area contributed by atoms with Gasteiger partial charge in [0.1, 0.15) is 6.61 Å². The molecule has 0 radical (unpaired) electrons. The molecule has 2 unspecified atom stereocenters. The number of unbranched alkanes of at least 4 members (excludes halogenated alkanes) is 29. The lowest BCUT2D eigenvalue weighted by Gasteiger charge is -2.20. The molecule has 2 atom stereocenters. The molecule has 0 saturated carbocycles. The van der Waals surface area contributed by atoms with Crippen molar-refractivity contribution < 1.29 is 37.6 Å². The summed E-state index contributed by atoms with van der Waals surface area (Å²) in [6.07, 6.45) is 44.0. The van der Waals surface area contributed by atoms with Crippen LogP contribution in [-0.4, -0.2) is 68.3 Å². The third kappa shape index (κ3) is 44.1. The van der Waals surface area contributed by atoms with Gasteiger partial charge in [0.15, 0.2) is 6.10 Å². The zero-order chi connectivity index (χ0) is 41.9. The largest absolute Gasteiger partial charge is 0.472 e. The van der Waals surface area contributed by atoms with Crippen LogP contribution in [0.1, 0.15) is 232 Å². The molecule has 1 N–H and O–H groups in total. The molecule has 338 valence electrons. The third-order valence-corrected chi connectivity index (χ3v) is 11.6. The number of hydrogen-bond acceptors (Lipinski definition) is 8. The number of phosphoric ester groups is 1. The number of nitrogens with zero attached hydrogens (tertiary/aromatic N) is 1. The van der Waals surface area contributed by atoms with Crippen molar-refractivity contribution in [1.29, 1.82) is 0 Å². The number of hydrogen-bond donors (Lipinski definition) is 1. The number of rotatable bonds is 45. The molecule has 0 aliphatic heterocycles. The maximum atomic E-state index is 12.7. The highest BCUT2D eigenvalue weighted by Gasteiger charge is 2.26. The quantitative estimate of drug-likeness (QED) is 0.0277. The van der Waals surface area contributed by atoms with Crippen LogP contribution in [0.4, 0.5) is 0 Å². The summed E-state index contributed by atoms with van der Waals surface area (Å²) in [5.74, 6) is -0.794. The van der Waals surface area contributed by atoms with E-state index in [1.807, 2.05) is 19.0 Å². The second kappa shape index (κ2) is 42.9. The summed E-state index contributed by atoms with van der Waals surface area (Å²) in [7, 11) is -0.703. The second-order valence-electron chi connectivity index (χ2n) is 16.6. The normalized spacial score (nSPS) is 13.4. The fourth-order valence-corrected chi connectivity index (χ4v) is 7.60. The topological polar surface area (TPSA) is 112 Å². The Hall–Kier alpha value is -1.25. The maximum absolute atomic E-state index is 12.7. The summed E-state index contributed by atoms with van der Waals surface area (Å²) in [4.78, 5) is 37.1. The Morgan fingerprint density at radius 2 is 0.895 bits per heavy atom. The van der Waals surface area contributed by atoms with E-state index in [4.69, 9.17) is 18.5 Å². The van der Waals surface area contributed by atoms with Crippen LogP contribution >= 0.6 is 7.82 Å². The highest BCUT2D eigenvalue weighted by atomic mass is 31.2. The van der Waals surface area contributed by atoms with Crippen molar-refractivity contribution in [1.82, 2.24) is 4.90 Å². The molecule has 0 aliphatic carbocycles. The van der Waals surface area contributed by atoms with Crippen molar-refractivity contribution in [3.63, 3.8) is 0 Å². The van der Waals surface area contributed by atoms with Gasteiger partial charge in [-0.15, -0.1) is 0 Å². The molecule has 0 rings (SSSR count). The first-order valence-corrected chi connectivity index (χ1v) is 25.5. The molecule has 0 bridgehead atoms. The van der Waals surface area contributed by atoms with Gasteiger partial charge < -0.3 is 19.3 Å². The van der Waals surface area contributed by atoms with Crippen molar-refractivity contribution in [2.75, 3.05) is 40.5 Å². The van der Waals surface area contributed by atoms with E-state index in [1.54, 1.807) is 0 Å². The van der Waals surface area contributed by atoms with Gasteiger partial charge in [0, 0.05) is 19.4 Å². The van der Waals surface area contributed by atoms with Gasteiger partial charge in [-0.3, -0.25) is 18.6 Å². The van der Waals surface area contributed by atoms with Crippen LogP contribution in [0.2, 0.25) is 0 Å². The number of ether oxygens (including phenoxy) is 2. The number of phosphoric acid groups is 1. The van der Waals surface area contributed by atoms with E-state index in [9.17, 15) is 19.0 Å². The average molecular weight is 830 g/mol. The van der Waals surface area contributed by atoms with Gasteiger partial charge in [0.25, 0.3) is 0 Å². The van der Waals surface area contributed by atoms with E-state index in [-0.39, 0.29) is 32.0 Å². The van der Waals surface area contributed by atoms with Crippen molar-refractivity contribution in [2.45, 2.75) is 238 Å². The van der Waals surface area contributed by atoms with Gasteiger partial charge in [-0.25, -0.2) is 4.57 Å².